The molecule has 0 saturated heterocycles. The molecule has 0 aliphatic rings. The van der Waals surface area contributed by atoms with Gasteiger partial charge in [-0.25, -0.2) is 4.79 Å². The van der Waals surface area contributed by atoms with Gasteiger partial charge < -0.3 is 10.2 Å². The zero-order valence-electron chi connectivity index (χ0n) is 4.44. The molecule has 2 N–H and O–H groups in total. The standard InChI is InChI=1S/C4H5NO4/c6-1-3(8)4(9)5-2-7/h3,6,8H,1H2. The van der Waals surface area contributed by atoms with Gasteiger partial charge in [0, 0.05) is 0 Å². The molecule has 0 heterocycles. The summed E-state index contributed by atoms with van der Waals surface area (Å²) in [5, 5.41) is 16.5. The van der Waals surface area contributed by atoms with Gasteiger partial charge >= 0.3 is 0 Å². The van der Waals surface area contributed by atoms with Crippen molar-refractivity contribution < 1.29 is 19.8 Å². The summed E-state index contributed by atoms with van der Waals surface area (Å²) in [7, 11) is 0. The third-order valence-corrected chi connectivity index (χ3v) is 0.614. The van der Waals surface area contributed by atoms with Gasteiger partial charge in [0.05, 0.1) is 6.61 Å². The van der Waals surface area contributed by atoms with E-state index in [-0.39, 0.29) is 0 Å². The molecule has 1 unspecified atom stereocenters. The van der Waals surface area contributed by atoms with Gasteiger partial charge in [-0.3, -0.25) is 4.79 Å². The van der Waals surface area contributed by atoms with Crippen molar-refractivity contribution in [2.45, 2.75) is 6.10 Å². The summed E-state index contributed by atoms with van der Waals surface area (Å²) in [6.45, 7) is -0.732. The van der Waals surface area contributed by atoms with Gasteiger partial charge in [-0.2, -0.15) is 0 Å². The molecule has 50 valence electrons. The Morgan fingerprint density at radius 3 is 2.67 bits per heavy atom. The highest BCUT2D eigenvalue weighted by molar-refractivity contribution is 5.85. The number of amides is 1. The lowest BCUT2D eigenvalue weighted by Crippen LogP contribution is -2.21. The van der Waals surface area contributed by atoms with Crippen LogP contribution in [0, 0.1) is 0 Å². The Morgan fingerprint density at radius 2 is 2.33 bits per heavy atom. The van der Waals surface area contributed by atoms with Gasteiger partial charge in [-0.1, -0.05) is 0 Å². The maximum atomic E-state index is 10.1. The van der Waals surface area contributed by atoms with E-state index in [4.69, 9.17) is 10.2 Å². The van der Waals surface area contributed by atoms with Crippen LogP contribution < -0.4 is 0 Å². The van der Waals surface area contributed by atoms with Crippen molar-refractivity contribution in [1.29, 1.82) is 0 Å². The lowest BCUT2D eigenvalue weighted by Gasteiger charge is -1.96. The first kappa shape index (κ1) is 7.97. The summed E-state index contributed by atoms with van der Waals surface area (Å²) in [4.78, 5) is 22.0. The van der Waals surface area contributed by atoms with Crippen LogP contribution >= 0.6 is 0 Å². The number of aliphatic imine (C=N–C) groups is 1. The van der Waals surface area contributed by atoms with Crippen LogP contribution in [0.15, 0.2) is 4.99 Å². The minimum absolute atomic E-state index is 0.732. The highest BCUT2D eigenvalue weighted by atomic mass is 16.3. The molecule has 0 spiro atoms. The molecule has 0 aliphatic carbocycles. The van der Waals surface area contributed by atoms with E-state index in [0.29, 0.717) is 0 Å². The number of hydrogen-bond acceptors (Lipinski definition) is 4. The number of hydrogen-bond donors (Lipinski definition) is 2. The Balaban J connectivity index is 3.87. The molecule has 1 atom stereocenters. The van der Waals surface area contributed by atoms with E-state index < -0.39 is 18.6 Å². The molecular weight excluding hydrogens is 126 g/mol. The molecule has 5 nitrogen and oxygen atoms in total. The zero-order chi connectivity index (χ0) is 7.28. The van der Waals surface area contributed by atoms with E-state index in [9.17, 15) is 9.59 Å². The lowest BCUT2D eigenvalue weighted by atomic mass is 10.4. The van der Waals surface area contributed by atoms with Crippen LogP contribution in [0.2, 0.25) is 0 Å². The largest absolute Gasteiger partial charge is 0.393 e. The first-order chi connectivity index (χ1) is 4.22. The topological polar surface area (TPSA) is 87.0 Å². The summed E-state index contributed by atoms with van der Waals surface area (Å²) in [5.74, 6) is -1.08. The Bertz CT molecular complexity index is 149. The molecule has 0 fully saturated rings. The van der Waals surface area contributed by atoms with Crippen LogP contribution in [0.4, 0.5) is 0 Å². The van der Waals surface area contributed by atoms with Gasteiger partial charge in [0.25, 0.3) is 5.91 Å². The maximum Gasteiger partial charge on any atom is 0.287 e. The van der Waals surface area contributed by atoms with E-state index in [0.717, 1.165) is 6.08 Å². The molecule has 1 amide bonds. The van der Waals surface area contributed by atoms with Gasteiger partial charge in [0.1, 0.15) is 0 Å². The average molecular weight is 131 g/mol. The molecule has 0 aromatic rings. The van der Waals surface area contributed by atoms with Gasteiger partial charge in [-0.15, -0.1) is 4.99 Å². The molecule has 0 aromatic heterocycles. The van der Waals surface area contributed by atoms with E-state index >= 15 is 0 Å². The van der Waals surface area contributed by atoms with E-state index in [1.807, 2.05) is 0 Å². The first-order valence-electron chi connectivity index (χ1n) is 2.13. The lowest BCUT2D eigenvalue weighted by molar-refractivity contribution is -0.127. The van der Waals surface area contributed by atoms with Crippen molar-refractivity contribution in [2.75, 3.05) is 6.61 Å². The first-order valence-corrected chi connectivity index (χ1v) is 2.13. The predicted octanol–water partition coefficient (Wildman–Crippen LogP) is -1.80. The van der Waals surface area contributed by atoms with Crippen LogP contribution in [-0.4, -0.2) is 34.9 Å². The number of rotatable bonds is 2. The van der Waals surface area contributed by atoms with Gasteiger partial charge in [0.2, 0.25) is 6.08 Å². The third-order valence-electron chi connectivity index (χ3n) is 0.614. The highest BCUT2D eigenvalue weighted by Crippen LogP contribution is 1.82. The molecular formula is C4H5NO4. The number of carbonyl (C=O) groups is 1. The van der Waals surface area contributed by atoms with Crippen LogP contribution in [-0.2, 0) is 9.59 Å². The normalized spacial score (nSPS) is 11.8. The Kier molecular flexibility index (Phi) is 3.46. The van der Waals surface area contributed by atoms with Crippen molar-refractivity contribution in [2.24, 2.45) is 4.99 Å². The second-order valence-corrected chi connectivity index (χ2v) is 1.24. The molecule has 0 saturated carbocycles. The monoisotopic (exact) mass is 131 g/mol. The molecule has 0 rings (SSSR count). The van der Waals surface area contributed by atoms with E-state index in [1.54, 1.807) is 0 Å². The van der Waals surface area contributed by atoms with E-state index in [2.05, 4.69) is 4.99 Å². The zero-order valence-corrected chi connectivity index (χ0v) is 4.44. The molecule has 9 heavy (non-hydrogen) atoms. The minimum Gasteiger partial charge on any atom is -0.393 e. The number of nitrogens with zero attached hydrogens (tertiary/aromatic N) is 1. The molecule has 5 heteroatoms. The summed E-state index contributed by atoms with van der Waals surface area (Å²) in [6, 6.07) is 0. The smallest absolute Gasteiger partial charge is 0.287 e. The summed E-state index contributed by atoms with van der Waals surface area (Å²) >= 11 is 0. The van der Waals surface area contributed by atoms with Crippen molar-refractivity contribution in [3.05, 3.63) is 0 Å². The van der Waals surface area contributed by atoms with Gasteiger partial charge in [-0.05, 0) is 0 Å². The summed E-state index contributed by atoms with van der Waals surface area (Å²) in [5.41, 5.74) is 0. The number of isocyanates is 1. The van der Waals surface area contributed by atoms with Crippen LogP contribution in [0.3, 0.4) is 0 Å². The molecule has 0 aromatic carbocycles. The van der Waals surface area contributed by atoms with Crippen molar-refractivity contribution >= 4 is 12.0 Å². The molecule has 0 bridgehead atoms. The Hall–Kier alpha value is -1.03. The second kappa shape index (κ2) is 3.91. The number of aliphatic hydroxyl groups excluding tert-OH is 2. The van der Waals surface area contributed by atoms with Crippen molar-refractivity contribution in [1.82, 2.24) is 0 Å². The Labute approximate surface area is 50.6 Å². The van der Waals surface area contributed by atoms with Crippen LogP contribution in [0.25, 0.3) is 0 Å². The summed E-state index contributed by atoms with van der Waals surface area (Å²) < 4.78 is 0. The van der Waals surface area contributed by atoms with E-state index in [1.165, 1.54) is 0 Å². The fraction of sp³-hybridized carbons (Fsp3) is 0.500. The quantitative estimate of drug-likeness (QED) is 0.342. The van der Waals surface area contributed by atoms with Crippen LogP contribution in [0.5, 0.6) is 0 Å². The van der Waals surface area contributed by atoms with Crippen molar-refractivity contribution in [3.8, 4) is 0 Å². The average Bonchev–Trinajstić information content (AvgIpc) is 1.87. The molecule has 0 aliphatic heterocycles. The van der Waals surface area contributed by atoms with Gasteiger partial charge in [0.15, 0.2) is 6.10 Å². The predicted molar refractivity (Wildman–Crippen MR) is 26.2 cm³/mol. The SMILES string of the molecule is O=C=NC(=O)C(O)CO. The third kappa shape index (κ3) is 2.71. The highest BCUT2D eigenvalue weighted by Gasteiger charge is 2.10. The minimum atomic E-state index is -1.59. The number of aliphatic hydroxyl groups is 2. The van der Waals surface area contributed by atoms with Crippen LogP contribution in [0.1, 0.15) is 0 Å². The summed E-state index contributed by atoms with van der Waals surface area (Å²) in [6.07, 6.45) is -0.654. The fourth-order valence-electron chi connectivity index (χ4n) is 0.198. The maximum absolute atomic E-state index is 10.1. The Morgan fingerprint density at radius 1 is 1.78 bits per heavy atom. The number of carbonyl (C=O) groups excluding carboxylic acids is 2. The van der Waals surface area contributed by atoms with Crippen molar-refractivity contribution in [3.63, 3.8) is 0 Å². The molecule has 0 radical (unpaired) electrons. The second-order valence-electron chi connectivity index (χ2n) is 1.24. The fourth-order valence-corrected chi connectivity index (χ4v) is 0.198.